The number of rotatable bonds is 9. The van der Waals surface area contributed by atoms with Crippen LogP contribution in [-0.4, -0.2) is 11.9 Å². The summed E-state index contributed by atoms with van der Waals surface area (Å²) in [7, 11) is 0. The van der Waals surface area contributed by atoms with Gasteiger partial charge in [0.1, 0.15) is 11.5 Å². The molecule has 0 amide bonds. The van der Waals surface area contributed by atoms with Crippen molar-refractivity contribution < 1.29 is 19.1 Å². The van der Waals surface area contributed by atoms with Gasteiger partial charge in [-0.3, -0.25) is 0 Å². The number of hydrogen-bond acceptors (Lipinski definition) is 4. The van der Waals surface area contributed by atoms with Crippen LogP contribution in [0.3, 0.4) is 0 Å². The number of esters is 2. The molecule has 0 unspecified atom stereocenters. The van der Waals surface area contributed by atoms with Crippen LogP contribution < -0.4 is 9.47 Å². The molecule has 0 aliphatic carbocycles. The van der Waals surface area contributed by atoms with Gasteiger partial charge in [-0.25, -0.2) is 9.59 Å². The zero-order valence-electron chi connectivity index (χ0n) is 33.6. The largest absolute Gasteiger partial charge is 0.422 e. The number of carbonyl (C=O) groups excluding carboxylic acids is 2. The first-order valence-electron chi connectivity index (χ1n) is 20.9. The third kappa shape index (κ3) is 6.51. The molecule has 0 aliphatic rings. The number of benzene rings is 10. The minimum atomic E-state index is -0.407. The highest BCUT2D eigenvalue weighted by molar-refractivity contribution is 6.27. The van der Waals surface area contributed by atoms with Gasteiger partial charge in [0, 0.05) is 21.5 Å². The molecular weight excluding hydrogens is 737 g/mol. The maximum atomic E-state index is 14.1. The molecule has 4 nitrogen and oxygen atoms in total. The van der Waals surface area contributed by atoms with Gasteiger partial charge in [0.25, 0.3) is 0 Å². The van der Waals surface area contributed by atoms with Gasteiger partial charge in [-0.2, -0.15) is 0 Å². The predicted octanol–water partition coefficient (Wildman–Crippen LogP) is 14.6. The van der Waals surface area contributed by atoms with Gasteiger partial charge >= 0.3 is 11.9 Å². The van der Waals surface area contributed by atoms with Crippen LogP contribution >= 0.6 is 0 Å². The zero-order chi connectivity index (χ0) is 40.7. The second-order valence-electron chi connectivity index (χ2n) is 15.7. The quantitative estimate of drug-likeness (QED) is 0.0832. The third-order valence-electron chi connectivity index (χ3n) is 11.8. The third-order valence-corrected chi connectivity index (χ3v) is 11.8. The molecule has 0 saturated heterocycles. The van der Waals surface area contributed by atoms with Crippen LogP contribution in [0.2, 0.25) is 0 Å². The van der Waals surface area contributed by atoms with E-state index >= 15 is 0 Å². The van der Waals surface area contributed by atoms with Crippen molar-refractivity contribution in [2.45, 2.75) is 39.5 Å². The summed E-state index contributed by atoms with van der Waals surface area (Å²) in [5.41, 5.74) is 5.49. The molecule has 0 aliphatic heterocycles. The molecular formula is C56H42O4. The fraction of sp³-hybridized carbons (Fsp3) is 0.107. The Labute approximate surface area is 348 Å². The van der Waals surface area contributed by atoms with E-state index in [1.54, 1.807) is 0 Å². The second-order valence-corrected chi connectivity index (χ2v) is 15.7. The van der Waals surface area contributed by atoms with E-state index in [1.165, 1.54) is 11.1 Å². The van der Waals surface area contributed by atoms with Gasteiger partial charge in [0.15, 0.2) is 0 Å². The molecule has 10 aromatic rings. The van der Waals surface area contributed by atoms with Crippen molar-refractivity contribution in [1.82, 2.24) is 0 Å². The Morgan fingerprint density at radius 2 is 0.733 bits per heavy atom. The van der Waals surface area contributed by atoms with Crippen LogP contribution in [0.1, 0.15) is 58.5 Å². The van der Waals surface area contributed by atoms with Gasteiger partial charge in [-0.05, 0) is 102 Å². The van der Waals surface area contributed by atoms with Crippen molar-refractivity contribution in [3.05, 3.63) is 192 Å². The monoisotopic (exact) mass is 778 g/mol. The summed E-state index contributed by atoms with van der Waals surface area (Å²) in [6.07, 6.45) is 3.78. The Morgan fingerprint density at radius 1 is 0.367 bits per heavy atom. The first-order chi connectivity index (χ1) is 29.5. The Hall–Kier alpha value is -7.30. The molecule has 0 aromatic heterocycles. The smallest absolute Gasteiger partial charge is 0.343 e. The normalized spacial score (nSPS) is 11.6. The van der Waals surface area contributed by atoms with Crippen molar-refractivity contribution in [2.24, 2.45) is 0 Å². The number of hydrogen-bond donors (Lipinski definition) is 0. The van der Waals surface area contributed by atoms with Crippen molar-refractivity contribution in [2.75, 3.05) is 0 Å². The molecule has 10 aromatic carbocycles. The summed E-state index contributed by atoms with van der Waals surface area (Å²) >= 11 is 0. The molecule has 0 atom stereocenters. The average molecular weight is 779 g/mol. The van der Waals surface area contributed by atoms with Crippen LogP contribution in [0.25, 0.3) is 75.8 Å². The van der Waals surface area contributed by atoms with Gasteiger partial charge in [0.2, 0.25) is 0 Å². The minimum absolute atomic E-state index is 0.407. The Bertz CT molecular complexity index is 3120. The molecule has 0 radical (unpaired) electrons. The second kappa shape index (κ2) is 15.5. The molecule has 60 heavy (non-hydrogen) atoms. The lowest BCUT2D eigenvalue weighted by atomic mass is 9.84. The highest BCUT2D eigenvalue weighted by atomic mass is 16.5. The lowest BCUT2D eigenvalue weighted by Crippen LogP contribution is -2.10. The first kappa shape index (κ1) is 37.0. The molecule has 290 valence electrons. The number of carbonyl (C=O) groups is 2. The van der Waals surface area contributed by atoms with E-state index in [4.69, 9.17) is 9.47 Å². The van der Waals surface area contributed by atoms with Gasteiger partial charge in [-0.15, -0.1) is 0 Å². The van der Waals surface area contributed by atoms with Crippen molar-refractivity contribution >= 4 is 76.6 Å². The van der Waals surface area contributed by atoms with Crippen LogP contribution in [-0.2, 0) is 12.8 Å². The Morgan fingerprint density at radius 3 is 1.15 bits per heavy atom. The van der Waals surface area contributed by atoms with Gasteiger partial charge in [0.05, 0.1) is 11.1 Å². The van der Waals surface area contributed by atoms with E-state index in [1.807, 2.05) is 109 Å². The standard InChI is InChI=1S/C56H42O4/c1-3-13-35-23-29-47-49(31-35)51(43-19-9-11-21-45(43)53(47)59-55(57)41-27-25-37-15-5-7-17-39(37)33-41)52-44-20-10-12-22-46(44)54(48-30-24-36(14-4-2)32-50(48)52)60-56(58)42-28-26-38-16-6-8-18-40(38)34-42/h5-12,15-34H,3-4,13-14H2,1-2H3. The lowest BCUT2D eigenvalue weighted by Gasteiger charge is -2.22. The highest BCUT2D eigenvalue weighted by Crippen LogP contribution is 2.50. The molecule has 0 bridgehead atoms. The lowest BCUT2D eigenvalue weighted by molar-refractivity contribution is 0.0730. The van der Waals surface area contributed by atoms with E-state index in [0.717, 1.165) is 101 Å². The summed E-state index contributed by atoms with van der Waals surface area (Å²) in [5.74, 6) is 0.254. The van der Waals surface area contributed by atoms with E-state index in [2.05, 4.69) is 74.5 Å². The first-order valence-corrected chi connectivity index (χ1v) is 20.9. The molecule has 0 fully saturated rings. The van der Waals surface area contributed by atoms with E-state index < -0.39 is 11.9 Å². The van der Waals surface area contributed by atoms with Gasteiger partial charge < -0.3 is 9.47 Å². The molecule has 0 saturated carbocycles. The summed E-state index contributed by atoms with van der Waals surface area (Å²) in [4.78, 5) is 28.3. The van der Waals surface area contributed by atoms with E-state index in [0.29, 0.717) is 22.6 Å². The van der Waals surface area contributed by atoms with E-state index in [9.17, 15) is 9.59 Å². The maximum absolute atomic E-state index is 14.1. The highest BCUT2D eigenvalue weighted by Gasteiger charge is 2.25. The SMILES string of the molecule is CCCc1ccc2c(OC(=O)c3ccc4ccccc4c3)c3ccccc3c(-c3c4ccccc4c(OC(=O)c4ccc5ccccc5c4)c4ccc(CCC)cc34)c2c1. The Balaban J connectivity index is 1.23. The number of ether oxygens (including phenoxy) is 2. The van der Waals surface area contributed by atoms with Crippen LogP contribution in [0.15, 0.2) is 170 Å². The summed E-state index contributed by atoms with van der Waals surface area (Å²) in [6, 6.07) is 57.0. The summed E-state index contributed by atoms with van der Waals surface area (Å²) in [6.45, 7) is 4.38. The fourth-order valence-corrected chi connectivity index (χ4v) is 8.95. The minimum Gasteiger partial charge on any atom is -0.422 e. The summed E-state index contributed by atoms with van der Waals surface area (Å²) < 4.78 is 13.1. The van der Waals surface area contributed by atoms with E-state index in [-0.39, 0.29) is 0 Å². The molecule has 10 rings (SSSR count). The molecule has 0 heterocycles. The van der Waals surface area contributed by atoms with Crippen molar-refractivity contribution in [1.29, 1.82) is 0 Å². The van der Waals surface area contributed by atoms with Gasteiger partial charge in [-0.1, -0.05) is 172 Å². The predicted molar refractivity (Wildman–Crippen MR) is 248 cm³/mol. The van der Waals surface area contributed by atoms with Crippen LogP contribution in [0.4, 0.5) is 0 Å². The van der Waals surface area contributed by atoms with Crippen LogP contribution in [0, 0.1) is 0 Å². The van der Waals surface area contributed by atoms with Crippen molar-refractivity contribution in [3.8, 4) is 22.6 Å². The fourth-order valence-electron chi connectivity index (χ4n) is 8.95. The number of aryl methyl sites for hydroxylation is 2. The molecule has 0 spiro atoms. The maximum Gasteiger partial charge on any atom is 0.343 e. The molecule has 0 N–H and O–H groups in total. The topological polar surface area (TPSA) is 52.6 Å². The van der Waals surface area contributed by atoms with Crippen molar-refractivity contribution in [3.63, 3.8) is 0 Å². The zero-order valence-corrected chi connectivity index (χ0v) is 33.6. The Kier molecular flexibility index (Phi) is 9.54. The van der Waals surface area contributed by atoms with Crippen LogP contribution in [0.5, 0.6) is 11.5 Å². The summed E-state index contributed by atoms with van der Waals surface area (Å²) in [5, 5.41) is 11.4. The number of fused-ring (bicyclic) bond motifs is 6. The average Bonchev–Trinajstić information content (AvgIpc) is 3.29. The molecule has 4 heteroatoms.